The van der Waals surface area contributed by atoms with Crippen LogP contribution in [0.25, 0.3) is 11.1 Å². The van der Waals surface area contributed by atoms with Crippen LogP contribution in [0.2, 0.25) is 0 Å². The summed E-state index contributed by atoms with van der Waals surface area (Å²) in [5.41, 5.74) is 8.47. The van der Waals surface area contributed by atoms with Crippen LogP contribution < -0.4 is 15.2 Å². The Morgan fingerprint density at radius 1 is 0.824 bits per heavy atom. The van der Waals surface area contributed by atoms with Crippen molar-refractivity contribution in [3.63, 3.8) is 0 Å². The number of anilines is 1. The number of rotatable bonds is 3. The lowest BCUT2D eigenvalue weighted by molar-refractivity contribution is 0.358. The van der Waals surface area contributed by atoms with Crippen molar-refractivity contribution < 1.29 is 9.47 Å². The van der Waals surface area contributed by atoms with Crippen molar-refractivity contribution in [1.29, 1.82) is 0 Å². The molecule has 2 N–H and O–H groups in total. The Bertz CT molecular complexity index is 509. The number of ether oxygens (including phenoxy) is 2. The minimum Gasteiger partial charge on any atom is -0.492 e. The number of nitrogen functional groups attached to an aromatic ring is 1. The zero-order valence-corrected chi connectivity index (χ0v) is 9.94. The third-order valence-corrected chi connectivity index (χ3v) is 2.64. The summed E-state index contributed by atoms with van der Waals surface area (Å²) in [6.45, 7) is 0. The summed E-state index contributed by atoms with van der Waals surface area (Å²) in [6.07, 6.45) is 0. The van der Waals surface area contributed by atoms with E-state index in [1.807, 2.05) is 42.5 Å². The summed E-state index contributed by atoms with van der Waals surface area (Å²) < 4.78 is 10.7. The molecule has 2 aromatic carbocycles. The van der Waals surface area contributed by atoms with Crippen molar-refractivity contribution in [3.05, 3.63) is 42.5 Å². The standard InChI is InChI=1S/C14H15NO2/c1-16-13-11(10-6-4-3-5-7-10)8-9-12(15)14(13)17-2/h3-9H,15H2,1-2H3. The Morgan fingerprint density at radius 2 is 1.47 bits per heavy atom. The van der Waals surface area contributed by atoms with E-state index in [0.29, 0.717) is 17.2 Å². The Hall–Kier alpha value is -2.16. The van der Waals surface area contributed by atoms with Gasteiger partial charge in [0, 0.05) is 5.56 Å². The van der Waals surface area contributed by atoms with Crippen LogP contribution >= 0.6 is 0 Å². The minimum absolute atomic E-state index is 0.573. The van der Waals surface area contributed by atoms with E-state index >= 15 is 0 Å². The maximum atomic E-state index is 5.85. The third kappa shape index (κ3) is 2.04. The summed E-state index contributed by atoms with van der Waals surface area (Å²) in [5.74, 6) is 1.24. The Balaban J connectivity index is 2.63. The molecule has 3 nitrogen and oxygen atoms in total. The van der Waals surface area contributed by atoms with Crippen molar-refractivity contribution in [2.24, 2.45) is 0 Å². The van der Waals surface area contributed by atoms with Gasteiger partial charge in [0.1, 0.15) is 0 Å². The molecular weight excluding hydrogens is 214 g/mol. The molecule has 3 heteroatoms. The highest BCUT2D eigenvalue weighted by atomic mass is 16.5. The van der Waals surface area contributed by atoms with Crippen LogP contribution in [0.5, 0.6) is 11.5 Å². The number of benzene rings is 2. The normalized spacial score (nSPS) is 10.0. The molecule has 0 fully saturated rings. The van der Waals surface area contributed by atoms with E-state index in [1.54, 1.807) is 14.2 Å². The van der Waals surface area contributed by atoms with Gasteiger partial charge in [-0.05, 0) is 17.7 Å². The summed E-state index contributed by atoms with van der Waals surface area (Å²) in [4.78, 5) is 0. The van der Waals surface area contributed by atoms with Gasteiger partial charge < -0.3 is 15.2 Å². The SMILES string of the molecule is COc1c(N)ccc(-c2ccccc2)c1OC. The topological polar surface area (TPSA) is 44.5 Å². The van der Waals surface area contributed by atoms with Gasteiger partial charge in [0.15, 0.2) is 11.5 Å². The van der Waals surface area contributed by atoms with E-state index < -0.39 is 0 Å². The fourth-order valence-corrected chi connectivity index (χ4v) is 1.84. The first-order chi connectivity index (χ1) is 8.27. The molecule has 0 radical (unpaired) electrons. The molecule has 88 valence electrons. The molecule has 0 amide bonds. The lowest BCUT2D eigenvalue weighted by atomic mass is 10.0. The molecule has 0 spiro atoms. The van der Waals surface area contributed by atoms with Crippen molar-refractivity contribution >= 4 is 5.69 Å². The van der Waals surface area contributed by atoms with E-state index in [9.17, 15) is 0 Å². The highest BCUT2D eigenvalue weighted by Gasteiger charge is 2.14. The molecule has 0 aromatic heterocycles. The predicted octanol–water partition coefficient (Wildman–Crippen LogP) is 2.95. The highest BCUT2D eigenvalue weighted by Crippen LogP contribution is 2.41. The van der Waals surface area contributed by atoms with E-state index in [0.717, 1.165) is 11.1 Å². The molecule has 0 saturated carbocycles. The number of hydrogen-bond acceptors (Lipinski definition) is 3. The van der Waals surface area contributed by atoms with Gasteiger partial charge in [-0.1, -0.05) is 30.3 Å². The number of nitrogens with two attached hydrogens (primary N) is 1. The van der Waals surface area contributed by atoms with Gasteiger partial charge in [-0.25, -0.2) is 0 Å². The van der Waals surface area contributed by atoms with Gasteiger partial charge in [-0.15, -0.1) is 0 Å². The average Bonchev–Trinajstić information content (AvgIpc) is 2.39. The molecule has 0 aliphatic rings. The second-order valence-corrected chi connectivity index (χ2v) is 3.63. The van der Waals surface area contributed by atoms with Gasteiger partial charge in [-0.2, -0.15) is 0 Å². The molecule has 0 bridgehead atoms. The van der Waals surface area contributed by atoms with Crippen molar-refractivity contribution in [2.75, 3.05) is 20.0 Å². The van der Waals surface area contributed by atoms with Crippen molar-refractivity contribution in [3.8, 4) is 22.6 Å². The van der Waals surface area contributed by atoms with E-state index in [2.05, 4.69) is 0 Å². The maximum absolute atomic E-state index is 5.85. The number of methoxy groups -OCH3 is 2. The van der Waals surface area contributed by atoms with Crippen molar-refractivity contribution in [2.45, 2.75) is 0 Å². The van der Waals surface area contributed by atoms with Crippen LogP contribution in [-0.2, 0) is 0 Å². The zero-order chi connectivity index (χ0) is 12.3. The summed E-state index contributed by atoms with van der Waals surface area (Å²) in [6, 6.07) is 13.7. The average molecular weight is 229 g/mol. The second kappa shape index (κ2) is 4.78. The molecule has 0 unspecified atom stereocenters. The lowest BCUT2D eigenvalue weighted by Crippen LogP contribution is -1.97. The number of hydrogen-bond donors (Lipinski definition) is 1. The van der Waals surface area contributed by atoms with Gasteiger partial charge in [-0.3, -0.25) is 0 Å². The Kier molecular flexibility index (Phi) is 3.19. The van der Waals surface area contributed by atoms with Gasteiger partial charge in [0.25, 0.3) is 0 Å². The molecule has 0 saturated heterocycles. The molecule has 0 heterocycles. The monoisotopic (exact) mass is 229 g/mol. The first-order valence-corrected chi connectivity index (χ1v) is 5.33. The Labute approximate surface area is 101 Å². The third-order valence-electron chi connectivity index (χ3n) is 2.64. The highest BCUT2D eigenvalue weighted by molar-refractivity contribution is 5.78. The fraction of sp³-hybridized carbons (Fsp3) is 0.143. The summed E-state index contributed by atoms with van der Waals surface area (Å²) >= 11 is 0. The van der Waals surface area contributed by atoms with Gasteiger partial charge >= 0.3 is 0 Å². The first-order valence-electron chi connectivity index (χ1n) is 5.33. The lowest BCUT2D eigenvalue weighted by Gasteiger charge is -2.14. The second-order valence-electron chi connectivity index (χ2n) is 3.63. The maximum Gasteiger partial charge on any atom is 0.184 e. The van der Waals surface area contributed by atoms with Crippen LogP contribution in [0, 0.1) is 0 Å². The minimum atomic E-state index is 0.573. The van der Waals surface area contributed by atoms with E-state index in [4.69, 9.17) is 15.2 Å². The van der Waals surface area contributed by atoms with E-state index in [-0.39, 0.29) is 0 Å². The fourth-order valence-electron chi connectivity index (χ4n) is 1.84. The van der Waals surface area contributed by atoms with Gasteiger partial charge in [0.2, 0.25) is 0 Å². The van der Waals surface area contributed by atoms with Crippen LogP contribution in [0.3, 0.4) is 0 Å². The van der Waals surface area contributed by atoms with Crippen LogP contribution in [0.1, 0.15) is 0 Å². The molecular formula is C14H15NO2. The summed E-state index contributed by atoms with van der Waals surface area (Å²) in [5, 5.41) is 0. The molecule has 17 heavy (non-hydrogen) atoms. The van der Waals surface area contributed by atoms with E-state index in [1.165, 1.54) is 0 Å². The molecule has 2 aromatic rings. The summed E-state index contributed by atoms with van der Waals surface area (Å²) in [7, 11) is 3.20. The van der Waals surface area contributed by atoms with Crippen molar-refractivity contribution in [1.82, 2.24) is 0 Å². The molecule has 0 atom stereocenters. The van der Waals surface area contributed by atoms with Crippen LogP contribution in [0.4, 0.5) is 5.69 Å². The molecule has 2 rings (SSSR count). The van der Waals surface area contributed by atoms with Crippen LogP contribution in [0.15, 0.2) is 42.5 Å². The largest absolute Gasteiger partial charge is 0.492 e. The smallest absolute Gasteiger partial charge is 0.184 e. The quantitative estimate of drug-likeness (QED) is 0.823. The predicted molar refractivity (Wildman–Crippen MR) is 69.4 cm³/mol. The molecule has 0 aliphatic carbocycles. The van der Waals surface area contributed by atoms with Crippen LogP contribution in [-0.4, -0.2) is 14.2 Å². The van der Waals surface area contributed by atoms with Gasteiger partial charge in [0.05, 0.1) is 19.9 Å². The zero-order valence-electron chi connectivity index (χ0n) is 9.94. The Morgan fingerprint density at radius 3 is 2.06 bits per heavy atom. The first kappa shape index (κ1) is 11.3. The molecule has 0 aliphatic heterocycles.